The number of pyridine rings is 1. The van der Waals surface area contributed by atoms with E-state index in [0.29, 0.717) is 5.82 Å². The molecule has 0 aliphatic heterocycles. The summed E-state index contributed by atoms with van der Waals surface area (Å²) in [6, 6.07) is 55.6. The minimum Gasteiger partial charge on any atom is -0.309 e. The van der Waals surface area contributed by atoms with Crippen molar-refractivity contribution in [2.75, 3.05) is 0 Å². The zero-order valence-corrected chi connectivity index (χ0v) is 30.7. The number of hydrogen-bond acceptors (Lipinski definition) is 3. The van der Waals surface area contributed by atoms with Crippen LogP contribution < -0.4 is 10.4 Å². The van der Waals surface area contributed by atoms with Crippen molar-refractivity contribution in [2.45, 2.75) is 6.42 Å². The van der Waals surface area contributed by atoms with E-state index < -0.39 is 0 Å². The second kappa shape index (κ2) is 14.1. The van der Waals surface area contributed by atoms with Gasteiger partial charge in [-0.05, 0) is 82.1 Å². The monoisotopic (exact) mass is 716 g/mol. The van der Waals surface area contributed by atoms with Crippen molar-refractivity contribution in [1.29, 1.82) is 0 Å². The van der Waals surface area contributed by atoms with E-state index in [2.05, 4.69) is 198 Å². The summed E-state index contributed by atoms with van der Waals surface area (Å²) in [5, 5.41) is 5.84. The Hall–Kier alpha value is -7.43. The molecule has 0 radical (unpaired) electrons. The molecule has 56 heavy (non-hydrogen) atoms. The Labute approximate surface area is 325 Å². The Balaban J connectivity index is 1.13. The van der Waals surface area contributed by atoms with Crippen molar-refractivity contribution >= 4 is 44.4 Å². The van der Waals surface area contributed by atoms with Gasteiger partial charge in [0.05, 0.1) is 27.9 Å². The quantitative estimate of drug-likeness (QED) is 0.178. The summed E-state index contributed by atoms with van der Waals surface area (Å²) in [6.07, 6.45) is 13.3. The summed E-state index contributed by atoms with van der Waals surface area (Å²) in [4.78, 5) is 15.1. The highest BCUT2D eigenvalue weighted by atomic mass is 15.0. The maximum Gasteiger partial charge on any atom is 0.160 e. The van der Waals surface area contributed by atoms with Crippen LogP contribution in [0.4, 0.5) is 0 Å². The van der Waals surface area contributed by atoms with E-state index in [0.717, 1.165) is 78.2 Å². The smallest absolute Gasteiger partial charge is 0.160 e. The van der Waals surface area contributed by atoms with Crippen molar-refractivity contribution in [3.8, 4) is 39.5 Å². The molecule has 0 saturated carbocycles. The molecule has 0 spiro atoms. The molecule has 3 aromatic heterocycles. The number of rotatable bonds is 5. The minimum atomic E-state index is 0.654. The Morgan fingerprint density at radius 3 is 2.04 bits per heavy atom. The Bertz CT molecular complexity index is 3110. The third-order valence-electron chi connectivity index (χ3n) is 10.6. The largest absolute Gasteiger partial charge is 0.309 e. The van der Waals surface area contributed by atoms with Gasteiger partial charge in [0.15, 0.2) is 5.82 Å². The van der Waals surface area contributed by atoms with Crippen LogP contribution in [0.25, 0.3) is 83.8 Å². The third kappa shape index (κ3) is 6.04. The van der Waals surface area contributed by atoms with Crippen LogP contribution in [0.3, 0.4) is 0 Å². The van der Waals surface area contributed by atoms with Gasteiger partial charge in [0.1, 0.15) is 0 Å². The van der Waals surface area contributed by atoms with Crippen LogP contribution in [0, 0.1) is 0 Å². The molecule has 1 aliphatic rings. The van der Waals surface area contributed by atoms with Crippen molar-refractivity contribution < 1.29 is 0 Å². The van der Waals surface area contributed by atoms with Crippen molar-refractivity contribution in [3.05, 3.63) is 217 Å². The number of aromatic nitrogens is 4. The third-order valence-corrected chi connectivity index (χ3v) is 10.6. The van der Waals surface area contributed by atoms with Crippen LogP contribution in [0.5, 0.6) is 0 Å². The van der Waals surface area contributed by atoms with Gasteiger partial charge in [-0.25, -0.2) is 9.97 Å². The Morgan fingerprint density at radius 1 is 0.554 bits per heavy atom. The zero-order valence-electron chi connectivity index (χ0n) is 30.7. The number of nitrogens with zero attached hydrogens (tertiary/aromatic N) is 4. The Kier molecular flexibility index (Phi) is 8.34. The first-order chi connectivity index (χ1) is 27.7. The van der Waals surface area contributed by atoms with Gasteiger partial charge < -0.3 is 4.57 Å². The normalized spacial score (nSPS) is 15.6. The number of benzene rings is 6. The lowest BCUT2D eigenvalue weighted by Gasteiger charge is -2.14. The van der Waals surface area contributed by atoms with Gasteiger partial charge in [0.25, 0.3) is 0 Å². The molecule has 10 rings (SSSR count). The maximum atomic E-state index is 5.31. The molecule has 3 heterocycles. The van der Waals surface area contributed by atoms with Crippen molar-refractivity contribution in [1.82, 2.24) is 19.5 Å². The van der Waals surface area contributed by atoms with Crippen LogP contribution in [0.15, 0.2) is 200 Å². The summed E-state index contributed by atoms with van der Waals surface area (Å²) in [7, 11) is 0. The fraction of sp³-hybridized carbons (Fsp3) is 0.0192. The highest BCUT2D eigenvalue weighted by Gasteiger charge is 2.17. The average Bonchev–Trinajstić information content (AvgIpc) is 3.60. The SMILES string of the molecule is C=C1/C=C\C=C/C/C=c2/cccc/c2=C/1c1cc(-c2ccc(-n3c4ccccc4c4ccccc43)cc2)nc(-c2ccc(-c3ccc4ncccc4c3)cc2)n1. The fourth-order valence-electron chi connectivity index (χ4n) is 7.89. The summed E-state index contributed by atoms with van der Waals surface area (Å²) >= 11 is 0. The summed E-state index contributed by atoms with van der Waals surface area (Å²) < 4.78 is 2.34. The molecule has 0 saturated heterocycles. The van der Waals surface area contributed by atoms with Crippen molar-refractivity contribution in [3.63, 3.8) is 0 Å². The van der Waals surface area contributed by atoms with E-state index >= 15 is 0 Å². The predicted molar refractivity (Wildman–Crippen MR) is 233 cm³/mol. The standard InChI is InChI=1S/C52H36N4/c1-35-13-4-2-3-5-14-37-15-6-7-17-43(37)51(35)48-34-47(38-26-29-42(30-27-38)56-49-20-10-8-18-44(49)45-19-9-11-21-50(45)56)54-52(55-48)39-24-22-36(23-25-39)40-28-31-46-41(33-40)16-12-32-53-46/h2-4,6-34H,1,5H2/b3-2-,13-4-,37-14-,51-43+. The van der Waals surface area contributed by atoms with E-state index in [1.165, 1.54) is 21.8 Å². The Morgan fingerprint density at radius 2 is 1.23 bits per heavy atom. The second-order valence-electron chi connectivity index (χ2n) is 14.1. The fourth-order valence-corrected chi connectivity index (χ4v) is 7.89. The molecule has 0 fully saturated rings. The van der Waals surface area contributed by atoms with Gasteiger partial charge in [-0.2, -0.15) is 0 Å². The van der Waals surface area contributed by atoms with Crippen LogP contribution in [0.2, 0.25) is 0 Å². The molecule has 0 N–H and O–H groups in total. The topological polar surface area (TPSA) is 43.6 Å². The van der Waals surface area contributed by atoms with Crippen LogP contribution in [-0.4, -0.2) is 19.5 Å². The van der Waals surface area contributed by atoms with Gasteiger partial charge in [-0.1, -0.05) is 146 Å². The molecule has 4 heteroatoms. The lowest BCUT2D eigenvalue weighted by molar-refractivity contribution is 1.15. The molecule has 0 amide bonds. The van der Waals surface area contributed by atoms with E-state index in [-0.39, 0.29) is 0 Å². The molecule has 6 aromatic carbocycles. The highest BCUT2D eigenvalue weighted by Crippen LogP contribution is 2.34. The summed E-state index contributed by atoms with van der Waals surface area (Å²) in [5.41, 5.74) is 12.2. The van der Waals surface area contributed by atoms with Gasteiger partial charge in [0, 0.05) is 44.7 Å². The van der Waals surface area contributed by atoms with E-state index in [9.17, 15) is 0 Å². The molecule has 0 bridgehead atoms. The highest BCUT2D eigenvalue weighted by molar-refractivity contribution is 6.09. The molecule has 0 unspecified atom stereocenters. The summed E-state index contributed by atoms with van der Waals surface area (Å²) in [5.74, 6) is 0.654. The van der Waals surface area contributed by atoms with Crippen LogP contribution in [-0.2, 0) is 0 Å². The van der Waals surface area contributed by atoms with Gasteiger partial charge in [-0.3, -0.25) is 4.98 Å². The average molecular weight is 717 g/mol. The first-order valence-electron chi connectivity index (χ1n) is 18.9. The zero-order chi connectivity index (χ0) is 37.4. The van der Waals surface area contributed by atoms with Gasteiger partial charge in [-0.15, -0.1) is 0 Å². The first kappa shape index (κ1) is 33.2. The molecule has 0 atom stereocenters. The molecular weight excluding hydrogens is 681 g/mol. The van der Waals surface area contributed by atoms with Crippen LogP contribution >= 0.6 is 0 Å². The van der Waals surface area contributed by atoms with Crippen LogP contribution in [0.1, 0.15) is 12.1 Å². The predicted octanol–water partition coefficient (Wildman–Crippen LogP) is 11.2. The van der Waals surface area contributed by atoms with Crippen molar-refractivity contribution in [2.24, 2.45) is 0 Å². The lowest BCUT2D eigenvalue weighted by Crippen LogP contribution is -2.27. The maximum absolute atomic E-state index is 5.31. The number of hydrogen-bond donors (Lipinski definition) is 0. The van der Waals surface area contributed by atoms with Gasteiger partial charge in [0.2, 0.25) is 0 Å². The molecule has 1 aliphatic carbocycles. The number of fused-ring (bicyclic) bond motifs is 5. The van der Waals surface area contributed by atoms with Gasteiger partial charge >= 0.3 is 0 Å². The molecular formula is C52H36N4. The molecule has 264 valence electrons. The number of para-hydroxylation sites is 2. The van der Waals surface area contributed by atoms with E-state index in [4.69, 9.17) is 9.97 Å². The lowest BCUT2D eigenvalue weighted by atomic mass is 9.96. The molecule has 9 aromatic rings. The first-order valence-corrected chi connectivity index (χ1v) is 18.9. The minimum absolute atomic E-state index is 0.654. The van der Waals surface area contributed by atoms with E-state index in [1.54, 1.807) is 0 Å². The van der Waals surface area contributed by atoms with E-state index in [1.807, 2.05) is 12.3 Å². The molecule has 4 nitrogen and oxygen atoms in total. The summed E-state index contributed by atoms with van der Waals surface area (Å²) in [6.45, 7) is 4.57. The number of allylic oxidation sites excluding steroid dienone is 5. The second-order valence-corrected chi connectivity index (χ2v) is 14.1.